The molecule has 28 heavy (non-hydrogen) atoms. The highest BCUT2D eigenvalue weighted by Gasteiger charge is 2.23. The van der Waals surface area contributed by atoms with Gasteiger partial charge in [-0.05, 0) is 18.1 Å². The van der Waals surface area contributed by atoms with E-state index in [1.165, 1.54) is 16.3 Å². The van der Waals surface area contributed by atoms with Crippen LogP contribution in [-0.4, -0.2) is 58.2 Å². The monoisotopic (exact) mass is 380 g/mol. The highest BCUT2D eigenvalue weighted by Crippen LogP contribution is 2.08. The Morgan fingerprint density at radius 2 is 1.82 bits per heavy atom. The summed E-state index contributed by atoms with van der Waals surface area (Å²) in [7, 11) is 0. The highest BCUT2D eigenvalue weighted by molar-refractivity contribution is 5.92. The number of unbranched alkanes of at least 4 members (excludes halogenated alkanes) is 1. The molecule has 2 aromatic rings. The summed E-state index contributed by atoms with van der Waals surface area (Å²) in [4.78, 5) is 28.8. The zero-order valence-corrected chi connectivity index (χ0v) is 16.5. The number of aryl methyl sites for hydroxylation is 1. The van der Waals surface area contributed by atoms with E-state index in [-0.39, 0.29) is 11.5 Å². The summed E-state index contributed by atoms with van der Waals surface area (Å²) in [5.41, 5.74) is 1.40. The van der Waals surface area contributed by atoms with Gasteiger partial charge in [-0.1, -0.05) is 55.8 Å². The second-order valence-corrected chi connectivity index (χ2v) is 7.04. The van der Waals surface area contributed by atoms with Gasteiger partial charge in [0, 0.05) is 45.3 Å². The lowest BCUT2D eigenvalue weighted by molar-refractivity contribution is 0.0641. The summed E-state index contributed by atoms with van der Waals surface area (Å²) in [6.07, 6.45) is 6.14. The lowest BCUT2D eigenvalue weighted by Gasteiger charge is -2.34. The number of hydrogen-bond acceptors (Lipinski definition) is 4. The van der Waals surface area contributed by atoms with E-state index in [9.17, 15) is 9.59 Å². The molecule has 0 saturated carbocycles. The van der Waals surface area contributed by atoms with Gasteiger partial charge in [0.2, 0.25) is 0 Å². The Morgan fingerprint density at radius 3 is 2.54 bits per heavy atom. The van der Waals surface area contributed by atoms with Crippen LogP contribution in [0.25, 0.3) is 6.08 Å². The van der Waals surface area contributed by atoms with E-state index in [1.54, 1.807) is 6.07 Å². The summed E-state index contributed by atoms with van der Waals surface area (Å²) < 4.78 is 1.40. The van der Waals surface area contributed by atoms with Crippen molar-refractivity contribution in [1.29, 1.82) is 0 Å². The number of piperazine rings is 1. The van der Waals surface area contributed by atoms with Crippen LogP contribution in [0.5, 0.6) is 0 Å². The van der Waals surface area contributed by atoms with Gasteiger partial charge in [-0.25, -0.2) is 4.68 Å². The number of carbonyl (C=O) groups is 1. The van der Waals surface area contributed by atoms with Crippen LogP contribution in [0.2, 0.25) is 0 Å². The van der Waals surface area contributed by atoms with Crippen molar-refractivity contribution < 1.29 is 4.79 Å². The number of hydrogen-bond donors (Lipinski definition) is 0. The van der Waals surface area contributed by atoms with Gasteiger partial charge in [-0.3, -0.25) is 14.5 Å². The zero-order chi connectivity index (χ0) is 19.8. The average molecular weight is 380 g/mol. The van der Waals surface area contributed by atoms with Crippen LogP contribution in [0.1, 0.15) is 35.8 Å². The molecule has 0 unspecified atom stereocenters. The van der Waals surface area contributed by atoms with E-state index < -0.39 is 0 Å². The van der Waals surface area contributed by atoms with Crippen LogP contribution in [0.3, 0.4) is 0 Å². The first-order valence-electron chi connectivity index (χ1n) is 9.99. The zero-order valence-electron chi connectivity index (χ0n) is 16.5. The number of amides is 1. The molecule has 1 aliphatic rings. The topological polar surface area (TPSA) is 58.4 Å². The molecule has 0 radical (unpaired) electrons. The number of benzene rings is 1. The van der Waals surface area contributed by atoms with Crippen LogP contribution in [-0.2, 0) is 6.54 Å². The first-order chi connectivity index (χ1) is 13.7. The molecule has 0 spiro atoms. The van der Waals surface area contributed by atoms with E-state index in [1.807, 2.05) is 23.1 Å². The molecular weight excluding hydrogens is 352 g/mol. The van der Waals surface area contributed by atoms with Crippen molar-refractivity contribution in [3.63, 3.8) is 0 Å². The van der Waals surface area contributed by atoms with Crippen molar-refractivity contribution in [2.75, 3.05) is 32.7 Å². The summed E-state index contributed by atoms with van der Waals surface area (Å²) >= 11 is 0. The van der Waals surface area contributed by atoms with Gasteiger partial charge in [0.05, 0.1) is 0 Å². The minimum absolute atomic E-state index is 0.0928. The summed E-state index contributed by atoms with van der Waals surface area (Å²) in [5, 5.41) is 4.28. The number of nitrogens with zero attached hydrogens (tertiary/aromatic N) is 4. The van der Waals surface area contributed by atoms with Gasteiger partial charge in [0.25, 0.3) is 11.5 Å². The lowest BCUT2D eigenvalue weighted by atomic mass is 10.2. The van der Waals surface area contributed by atoms with Gasteiger partial charge in [0.15, 0.2) is 0 Å². The first-order valence-corrected chi connectivity index (χ1v) is 9.99. The van der Waals surface area contributed by atoms with Crippen molar-refractivity contribution >= 4 is 12.0 Å². The standard InChI is InChI=1S/C22H28N4O2/c1-2-3-14-26-21(27)12-11-20(23-26)22(28)25-17-15-24(16-18-25)13-7-10-19-8-5-4-6-9-19/h4-12H,2-3,13-18H2,1H3. The molecule has 1 aromatic heterocycles. The Hall–Kier alpha value is -2.73. The predicted octanol–water partition coefficient (Wildman–Crippen LogP) is 2.51. The molecule has 2 heterocycles. The minimum atomic E-state index is -0.153. The fourth-order valence-corrected chi connectivity index (χ4v) is 3.23. The summed E-state index contributed by atoms with van der Waals surface area (Å²) in [6, 6.07) is 13.2. The third-order valence-corrected chi connectivity index (χ3v) is 4.94. The SMILES string of the molecule is CCCCn1nc(C(=O)N2CCN(CC=Cc3ccccc3)CC2)ccc1=O. The molecule has 0 bridgehead atoms. The van der Waals surface area contributed by atoms with E-state index in [0.29, 0.717) is 25.3 Å². The van der Waals surface area contributed by atoms with Gasteiger partial charge in [0.1, 0.15) is 5.69 Å². The quantitative estimate of drug-likeness (QED) is 0.741. The van der Waals surface area contributed by atoms with Crippen molar-refractivity contribution in [3.05, 3.63) is 70.2 Å². The molecule has 3 rings (SSSR count). The number of rotatable bonds is 7. The highest BCUT2D eigenvalue weighted by atomic mass is 16.2. The Labute approximate surface area is 166 Å². The van der Waals surface area contributed by atoms with Crippen LogP contribution in [0, 0.1) is 0 Å². The molecule has 0 atom stereocenters. The predicted molar refractivity (Wildman–Crippen MR) is 111 cm³/mol. The lowest BCUT2D eigenvalue weighted by Crippen LogP contribution is -2.49. The molecule has 6 heteroatoms. The maximum atomic E-state index is 12.8. The van der Waals surface area contributed by atoms with Crippen LogP contribution < -0.4 is 5.56 Å². The molecular formula is C22H28N4O2. The van der Waals surface area contributed by atoms with Crippen molar-refractivity contribution in [2.24, 2.45) is 0 Å². The van der Waals surface area contributed by atoms with E-state index >= 15 is 0 Å². The molecule has 6 nitrogen and oxygen atoms in total. The Morgan fingerprint density at radius 1 is 1.07 bits per heavy atom. The molecule has 1 saturated heterocycles. The minimum Gasteiger partial charge on any atom is -0.335 e. The van der Waals surface area contributed by atoms with Crippen LogP contribution >= 0.6 is 0 Å². The van der Waals surface area contributed by atoms with E-state index in [0.717, 1.165) is 32.5 Å². The molecule has 148 valence electrons. The van der Waals surface area contributed by atoms with Crippen molar-refractivity contribution in [1.82, 2.24) is 19.6 Å². The first kappa shape index (κ1) is 20.0. The summed E-state index contributed by atoms with van der Waals surface area (Å²) in [6.45, 7) is 6.51. The third-order valence-electron chi connectivity index (χ3n) is 4.94. The normalized spacial score (nSPS) is 15.2. The van der Waals surface area contributed by atoms with Crippen molar-refractivity contribution in [3.8, 4) is 0 Å². The second-order valence-electron chi connectivity index (χ2n) is 7.04. The molecule has 1 aliphatic heterocycles. The molecule has 1 fully saturated rings. The maximum Gasteiger partial charge on any atom is 0.274 e. The maximum absolute atomic E-state index is 12.8. The van der Waals surface area contributed by atoms with Crippen LogP contribution in [0.15, 0.2) is 53.3 Å². The van der Waals surface area contributed by atoms with Gasteiger partial charge < -0.3 is 4.90 Å². The third kappa shape index (κ3) is 5.39. The molecule has 0 N–H and O–H groups in total. The van der Waals surface area contributed by atoms with Gasteiger partial charge in [-0.2, -0.15) is 5.10 Å². The fraction of sp³-hybridized carbons (Fsp3) is 0.409. The largest absolute Gasteiger partial charge is 0.335 e. The Bertz CT molecular complexity index is 852. The average Bonchev–Trinajstić information content (AvgIpc) is 2.74. The van der Waals surface area contributed by atoms with E-state index in [2.05, 4.69) is 41.2 Å². The number of aromatic nitrogens is 2. The van der Waals surface area contributed by atoms with Crippen LogP contribution in [0.4, 0.5) is 0 Å². The van der Waals surface area contributed by atoms with Crippen molar-refractivity contribution in [2.45, 2.75) is 26.3 Å². The molecule has 0 aliphatic carbocycles. The molecule has 1 amide bonds. The number of carbonyl (C=O) groups excluding carboxylic acids is 1. The fourth-order valence-electron chi connectivity index (χ4n) is 3.23. The summed E-state index contributed by atoms with van der Waals surface area (Å²) in [5.74, 6) is -0.0928. The van der Waals surface area contributed by atoms with Gasteiger partial charge in [-0.15, -0.1) is 0 Å². The van der Waals surface area contributed by atoms with E-state index in [4.69, 9.17) is 0 Å². The Kier molecular flexibility index (Phi) is 7.14. The Balaban J connectivity index is 1.52. The van der Waals surface area contributed by atoms with Gasteiger partial charge >= 0.3 is 0 Å². The molecule has 1 aromatic carbocycles. The second kappa shape index (κ2) is 9.99. The smallest absolute Gasteiger partial charge is 0.274 e.